The van der Waals surface area contributed by atoms with Gasteiger partial charge >= 0.3 is 0 Å². The van der Waals surface area contributed by atoms with Gasteiger partial charge in [-0.05, 0) is 11.6 Å². The first-order valence-electron chi connectivity index (χ1n) is 4.73. The summed E-state index contributed by atoms with van der Waals surface area (Å²) in [5, 5.41) is 0. The van der Waals surface area contributed by atoms with Crippen LogP contribution in [0.2, 0.25) is 0 Å². The van der Waals surface area contributed by atoms with Gasteiger partial charge in [0.25, 0.3) is 0 Å². The maximum Gasteiger partial charge on any atom is 0.227 e. The lowest BCUT2D eigenvalue weighted by Gasteiger charge is -2.26. The molecule has 14 heavy (non-hydrogen) atoms. The average Bonchev–Trinajstić information content (AvgIpc) is 2.72. The van der Waals surface area contributed by atoms with E-state index < -0.39 is 0 Å². The van der Waals surface area contributed by atoms with E-state index in [0.29, 0.717) is 32.7 Å². The van der Waals surface area contributed by atoms with Gasteiger partial charge in [0.2, 0.25) is 5.91 Å². The fourth-order valence-electron chi connectivity index (χ4n) is 1.49. The van der Waals surface area contributed by atoms with Gasteiger partial charge in [0.1, 0.15) is 0 Å². The molecule has 0 unspecified atom stereocenters. The molecule has 0 N–H and O–H groups in total. The van der Waals surface area contributed by atoms with Crippen molar-refractivity contribution in [3.8, 4) is 0 Å². The molecule has 1 aliphatic rings. The maximum absolute atomic E-state index is 11.7. The van der Waals surface area contributed by atoms with Crippen LogP contribution in [0.1, 0.15) is 5.56 Å². The molecule has 0 atom stereocenters. The largest absolute Gasteiger partial charge is 0.472 e. The van der Waals surface area contributed by atoms with Gasteiger partial charge in [-0.1, -0.05) is 0 Å². The van der Waals surface area contributed by atoms with Crippen molar-refractivity contribution >= 4 is 5.91 Å². The Morgan fingerprint density at radius 1 is 1.43 bits per heavy atom. The summed E-state index contributed by atoms with van der Waals surface area (Å²) in [6, 6.07) is 1.82. The number of hydrogen-bond donors (Lipinski definition) is 0. The van der Waals surface area contributed by atoms with Crippen LogP contribution in [0.15, 0.2) is 23.0 Å². The molecule has 2 heterocycles. The molecule has 2 rings (SSSR count). The third kappa shape index (κ3) is 2.14. The zero-order valence-electron chi connectivity index (χ0n) is 7.94. The first kappa shape index (κ1) is 9.27. The summed E-state index contributed by atoms with van der Waals surface area (Å²) >= 11 is 0. The Bertz CT molecular complexity index is 288. The second-order valence-electron chi connectivity index (χ2n) is 3.30. The highest BCUT2D eigenvalue weighted by atomic mass is 16.5. The number of hydrogen-bond acceptors (Lipinski definition) is 3. The molecule has 0 bridgehead atoms. The van der Waals surface area contributed by atoms with Crippen LogP contribution in [-0.4, -0.2) is 37.1 Å². The number of ether oxygens (including phenoxy) is 1. The van der Waals surface area contributed by atoms with Gasteiger partial charge in [-0.15, -0.1) is 0 Å². The van der Waals surface area contributed by atoms with Gasteiger partial charge in [-0.25, -0.2) is 0 Å². The SMILES string of the molecule is O=C(Cc1ccoc1)N1CCOCC1. The zero-order valence-corrected chi connectivity index (χ0v) is 7.94. The predicted molar refractivity (Wildman–Crippen MR) is 49.8 cm³/mol. The fraction of sp³-hybridized carbons (Fsp3) is 0.500. The quantitative estimate of drug-likeness (QED) is 0.697. The van der Waals surface area contributed by atoms with E-state index in [2.05, 4.69) is 0 Å². The second kappa shape index (κ2) is 4.28. The van der Waals surface area contributed by atoms with E-state index in [1.165, 1.54) is 0 Å². The maximum atomic E-state index is 11.7. The standard InChI is InChI=1S/C10H13NO3/c12-10(7-9-1-4-14-8-9)11-2-5-13-6-3-11/h1,4,8H,2-3,5-7H2. The molecular weight excluding hydrogens is 182 g/mol. The minimum Gasteiger partial charge on any atom is -0.472 e. The van der Waals surface area contributed by atoms with Crippen molar-refractivity contribution in [1.29, 1.82) is 0 Å². The highest BCUT2D eigenvalue weighted by Gasteiger charge is 2.16. The average molecular weight is 195 g/mol. The van der Waals surface area contributed by atoms with Crippen molar-refractivity contribution in [3.63, 3.8) is 0 Å². The van der Waals surface area contributed by atoms with Crippen molar-refractivity contribution in [3.05, 3.63) is 24.2 Å². The molecular formula is C10H13NO3. The molecule has 1 fully saturated rings. The van der Waals surface area contributed by atoms with Crippen LogP contribution < -0.4 is 0 Å². The van der Waals surface area contributed by atoms with Crippen LogP contribution in [0, 0.1) is 0 Å². The fourth-order valence-corrected chi connectivity index (χ4v) is 1.49. The van der Waals surface area contributed by atoms with Crippen molar-refractivity contribution < 1.29 is 13.9 Å². The number of nitrogens with zero attached hydrogens (tertiary/aromatic N) is 1. The molecule has 0 saturated carbocycles. The lowest BCUT2D eigenvalue weighted by molar-refractivity contribution is -0.134. The Balaban J connectivity index is 1.88. The number of rotatable bonds is 2. The van der Waals surface area contributed by atoms with Gasteiger partial charge < -0.3 is 14.1 Å². The molecule has 1 saturated heterocycles. The number of carbonyl (C=O) groups excluding carboxylic acids is 1. The summed E-state index contributed by atoms with van der Waals surface area (Å²) in [4.78, 5) is 13.5. The van der Waals surface area contributed by atoms with Gasteiger partial charge in [0, 0.05) is 13.1 Å². The first-order chi connectivity index (χ1) is 6.86. The summed E-state index contributed by atoms with van der Waals surface area (Å²) in [6.45, 7) is 2.71. The van der Waals surface area contributed by atoms with Gasteiger partial charge in [0.15, 0.2) is 0 Å². The Labute approximate surface area is 82.4 Å². The topological polar surface area (TPSA) is 42.7 Å². The summed E-state index contributed by atoms with van der Waals surface area (Å²) < 4.78 is 10.1. The van der Waals surface area contributed by atoms with E-state index in [1.807, 2.05) is 11.0 Å². The number of carbonyl (C=O) groups is 1. The summed E-state index contributed by atoms with van der Waals surface area (Å²) in [7, 11) is 0. The van der Waals surface area contributed by atoms with E-state index in [4.69, 9.17) is 9.15 Å². The number of morpholine rings is 1. The number of amides is 1. The second-order valence-corrected chi connectivity index (χ2v) is 3.30. The van der Waals surface area contributed by atoms with Crippen LogP contribution in [0.25, 0.3) is 0 Å². The minimum atomic E-state index is 0.148. The van der Waals surface area contributed by atoms with Crippen LogP contribution in [0.3, 0.4) is 0 Å². The van der Waals surface area contributed by atoms with E-state index in [1.54, 1.807) is 12.5 Å². The van der Waals surface area contributed by atoms with Crippen LogP contribution in [0.5, 0.6) is 0 Å². The Hall–Kier alpha value is -1.29. The summed E-state index contributed by atoms with van der Waals surface area (Å²) in [5.41, 5.74) is 0.932. The van der Waals surface area contributed by atoms with Crippen molar-refractivity contribution in [1.82, 2.24) is 4.90 Å². The lowest BCUT2D eigenvalue weighted by atomic mass is 10.2. The monoisotopic (exact) mass is 195 g/mol. The van der Waals surface area contributed by atoms with Gasteiger partial charge in [-0.2, -0.15) is 0 Å². The smallest absolute Gasteiger partial charge is 0.227 e. The molecule has 0 aliphatic carbocycles. The van der Waals surface area contributed by atoms with Crippen LogP contribution in [-0.2, 0) is 16.0 Å². The Kier molecular flexibility index (Phi) is 2.84. The van der Waals surface area contributed by atoms with Crippen molar-refractivity contribution in [2.75, 3.05) is 26.3 Å². The first-order valence-corrected chi connectivity index (χ1v) is 4.73. The Morgan fingerprint density at radius 2 is 2.21 bits per heavy atom. The van der Waals surface area contributed by atoms with E-state index in [9.17, 15) is 4.79 Å². The molecule has 0 aromatic carbocycles. The molecule has 0 radical (unpaired) electrons. The number of furan rings is 1. The molecule has 4 nitrogen and oxygen atoms in total. The van der Waals surface area contributed by atoms with Gasteiger partial charge in [-0.3, -0.25) is 4.79 Å². The third-order valence-electron chi connectivity index (χ3n) is 2.30. The molecule has 1 aromatic heterocycles. The zero-order chi connectivity index (χ0) is 9.80. The van der Waals surface area contributed by atoms with Gasteiger partial charge in [0.05, 0.1) is 32.2 Å². The molecule has 1 amide bonds. The highest BCUT2D eigenvalue weighted by Crippen LogP contribution is 2.05. The van der Waals surface area contributed by atoms with E-state index in [-0.39, 0.29) is 5.91 Å². The molecule has 4 heteroatoms. The van der Waals surface area contributed by atoms with Crippen molar-refractivity contribution in [2.45, 2.75) is 6.42 Å². The lowest BCUT2D eigenvalue weighted by Crippen LogP contribution is -2.41. The van der Waals surface area contributed by atoms with Crippen LogP contribution in [0.4, 0.5) is 0 Å². The van der Waals surface area contributed by atoms with E-state index in [0.717, 1.165) is 5.56 Å². The highest BCUT2D eigenvalue weighted by molar-refractivity contribution is 5.78. The third-order valence-corrected chi connectivity index (χ3v) is 2.30. The molecule has 76 valence electrons. The Morgan fingerprint density at radius 3 is 2.86 bits per heavy atom. The summed E-state index contributed by atoms with van der Waals surface area (Å²) in [5.74, 6) is 0.148. The normalized spacial score (nSPS) is 17.0. The minimum absolute atomic E-state index is 0.148. The molecule has 1 aliphatic heterocycles. The van der Waals surface area contributed by atoms with Crippen molar-refractivity contribution in [2.24, 2.45) is 0 Å². The van der Waals surface area contributed by atoms with Crippen LogP contribution >= 0.6 is 0 Å². The van der Waals surface area contributed by atoms with E-state index >= 15 is 0 Å². The summed E-state index contributed by atoms with van der Waals surface area (Å²) in [6.07, 6.45) is 3.62. The molecule has 1 aromatic rings. The molecule has 0 spiro atoms. The predicted octanol–water partition coefficient (Wildman–Crippen LogP) is 0.681.